The highest BCUT2D eigenvalue weighted by molar-refractivity contribution is 5.96. The van der Waals surface area contributed by atoms with E-state index >= 15 is 0 Å². The number of carboxylic acid groups (broad SMARTS) is 1. The van der Waals surface area contributed by atoms with Crippen LogP contribution in [0.4, 0.5) is 0 Å². The summed E-state index contributed by atoms with van der Waals surface area (Å²) in [5.74, 6) is -0.247. The maximum atomic E-state index is 12.7. The number of nitrogens with one attached hydrogen (secondary N) is 1. The zero-order chi connectivity index (χ0) is 25.2. The van der Waals surface area contributed by atoms with E-state index in [1.807, 2.05) is 60.7 Å². The van der Waals surface area contributed by atoms with E-state index in [1.54, 1.807) is 48.5 Å². The van der Waals surface area contributed by atoms with Gasteiger partial charge >= 0.3 is 5.97 Å². The summed E-state index contributed by atoms with van der Waals surface area (Å²) in [7, 11) is 0. The Kier molecular flexibility index (Phi) is 8.33. The molecule has 182 valence electrons. The molecule has 1 unspecified atom stereocenters. The van der Waals surface area contributed by atoms with Crippen LogP contribution in [0, 0.1) is 0 Å². The average molecular weight is 482 g/mol. The van der Waals surface area contributed by atoms with Crippen molar-refractivity contribution >= 4 is 11.9 Å². The van der Waals surface area contributed by atoms with Gasteiger partial charge in [-0.3, -0.25) is 4.79 Å². The molecule has 0 heterocycles. The molecule has 6 nitrogen and oxygen atoms in total. The molecule has 4 rings (SSSR count). The molecule has 36 heavy (non-hydrogen) atoms. The largest absolute Gasteiger partial charge is 0.489 e. The van der Waals surface area contributed by atoms with Crippen molar-refractivity contribution in [1.29, 1.82) is 0 Å². The first kappa shape index (κ1) is 24.5. The lowest BCUT2D eigenvalue weighted by Crippen LogP contribution is -2.42. The van der Waals surface area contributed by atoms with Crippen LogP contribution >= 0.6 is 0 Å². The van der Waals surface area contributed by atoms with Gasteiger partial charge in [-0.1, -0.05) is 72.8 Å². The summed E-state index contributed by atoms with van der Waals surface area (Å²) in [5.41, 5.74) is 3.24. The molecule has 0 aromatic heterocycles. The van der Waals surface area contributed by atoms with Gasteiger partial charge in [-0.05, 0) is 53.1 Å². The van der Waals surface area contributed by atoms with Crippen LogP contribution in [-0.2, 0) is 24.4 Å². The van der Waals surface area contributed by atoms with Crippen molar-refractivity contribution in [3.8, 4) is 11.5 Å². The molecule has 1 atom stereocenters. The number of rotatable bonds is 11. The molecule has 0 bridgehead atoms. The average Bonchev–Trinajstić information content (AvgIpc) is 2.92. The van der Waals surface area contributed by atoms with Gasteiger partial charge in [0.15, 0.2) is 0 Å². The molecule has 4 aromatic rings. The molecule has 0 radical (unpaired) electrons. The Balaban J connectivity index is 1.30. The number of hydrogen-bond donors (Lipinski definition) is 2. The number of aliphatic carboxylic acids is 1. The molecule has 6 heteroatoms. The molecule has 1 amide bonds. The minimum Gasteiger partial charge on any atom is -0.489 e. The number of carboxylic acids is 1. The minimum atomic E-state index is -1.10. The predicted molar refractivity (Wildman–Crippen MR) is 137 cm³/mol. The lowest BCUT2D eigenvalue weighted by molar-refractivity contribution is -0.139. The van der Waals surface area contributed by atoms with Gasteiger partial charge in [-0.25, -0.2) is 4.79 Å². The molecule has 0 spiro atoms. The molecule has 0 saturated carbocycles. The van der Waals surface area contributed by atoms with Gasteiger partial charge in [0.1, 0.15) is 30.8 Å². The van der Waals surface area contributed by atoms with Gasteiger partial charge in [0.2, 0.25) is 0 Å². The van der Waals surface area contributed by atoms with Crippen molar-refractivity contribution < 1.29 is 24.2 Å². The zero-order valence-electron chi connectivity index (χ0n) is 19.7. The first-order valence-electron chi connectivity index (χ1n) is 11.6. The zero-order valence-corrected chi connectivity index (χ0v) is 19.7. The highest BCUT2D eigenvalue weighted by Gasteiger charge is 2.21. The predicted octanol–water partition coefficient (Wildman–Crippen LogP) is 5.27. The van der Waals surface area contributed by atoms with E-state index in [0.717, 1.165) is 16.7 Å². The second-order valence-electron chi connectivity index (χ2n) is 8.29. The van der Waals surface area contributed by atoms with Crippen LogP contribution in [-0.4, -0.2) is 23.0 Å². The quantitative estimate of drug-likeness (QED) is 0.305. The lowest BCUT2D eigenvalue weighted by Gasteiger charge is -2.15. The lowest BCUT2D eigenvalue weighted by atomic mass is 10.1. The molecule has 4 aromatic carbocycles. The maximum absolute atomic E-state index is 12.7. The van der Waals surface area contributed by atoms with E-state index in [1.165, 1.54) is 0 Å². The molecule has 0 aliphatic heterocycles. The van der Waals surface area contributed by atoms with Crippen molar-refractivity contribution in [2.75, 3.05) is 0 Å². The molecule has 0 saturated heterocycles. The second kappa shape index (κ2) is 12.2. The van der Waals surface area contributed by atoms with Gasteiger partial charge in [-0.2, -0.15) is 0 Å². The SMILES string of the molecule is O=C(NC(Cc1ccc(OCc2ccccc2)cc1)C(=O)O)c1ccc(OCc2ccccc2)cc1. The van der Waals surface area contributed by atoms with Gasteiger partial charge in [-0.15, -0.1) is 0 Å². The Bertz CT molecular complexity index is 1260. The summed E-state index contributed by atoms with van der Waals surface area (Å²) in [4.78, 5) is 24.5. The minimum absolute atomic E-state index is 0.151. The van der Waals surface area contributed by atoms with Gasteiger partial charge in [0, 0.05) is 12.0 Å². The van der Waals surface area contributed by atoms with E-state index in [9.17, 15) is 14.7 Å². The van der Waals surface area contributed by atoms with Crippen LogP contribution in [0.2, 0.25) is 0 Å². The number of hydrogen-bond acceptors (Lipinski definition) is 4. The van der Waals surface area contributed by atoms with Crippen molar-refractivity contribution in [1.82, 2.24) is 5.32 Å². The smallest absolute Gasteiger partial charge is 0.326 e. The second-order valence-corrected chi connectivity index (χ2v) is 8.29. The molecular weight excluding hydrogens is 454 g/mol. The fraction of sp³-hybridized carbons (Fsp3) is 0.133. The first-order valence-corrected chi connectivity index (χ1v) is 11.6. The van der Waals surface area contributed by atoms with Gasteiger partial charge in [0.05, 0.1) is 0 Å². The Morgan fingerprint density at radius 1 is 0.639 bits per heavy atom. The van der Waals surface area contributed by atoms with Gasteiger partial charge < -0.3 is 19.9 Å². The Labute approximate surface area is 210 Å². The number of carbonyl (C=O) groups is 2. The van der Waals surface area contributed by atoms with Crippen molar-refractivity contribution in [2.45, 2.75) is 25.7 Å². The van der Waals surface area contributed by atoms with Crippen LogP contribution in [0.15, 0.2) is 109 Å². The maximum Gasteiger partial charge on any atom is 0.326 e. The third-order valence-corrected chi connectivity index (χ3v) is 5.58. The first-order chi connectivity index (χ1) is 17.6. The summed E-state index contributed by atoms with van der Waals surface area (Å²) < 4.78 is 11.5. The number of benzene rings is 4. The summed E-state index contributed by atoms with van der Waals surface area (Å²) in [6.07, 6.45) is 0.151. The molecular formula is C30H27NO5. The van der Waals surface area contributed by atoms with Crippen LogP contribution in [0.25, 0.3) is 0 Å². The molecule has 0 aliphatic carbocycles. The van der Waals surface area contributed by atoms with E-state index in [4.69, 9.17) is 9.47 Å². The van der Waals surface area contributed by atoms with Crippen molar-refractivity contribution in [3.63, 3.8) is 0 Å². The Morgan fingerprint density at radius 2 is 1.11 bits per heavy atom. The van der Waals surface area contributed by atoms with Crippen LogP contribution in [0.5, 0.6) is 11.5 Å². The molecule has 0 aliphatic rings. The summed E-state index contributed by atoms with van der Waals surface area (Å²) in [6.45, 7) is 0.869. The topological polar surface area (TPSA) is 84.9 Å². The number of amides is 1. The standard InChI is InChI=1S/C30H27NO5/c32-29(25-13-17-27(18-14-25)36-21-24-9-5-2-6-10-24)31-28(30(33)34)19-22-11-15-26(16-12-22)35-20-23-7-3-1-4-8-23/h1-18,28H,19-21H2,(H,31,32)(H,33,34). The highest BCUT2D eigenvalue weighted by Crippen LogP contribution is 2.17. The van der Waals surface area contributed by atoms with Crippen LogP contribution < -0.4 is 14.8 Å². The Morgan fingerprint density at radius 3 is 1.58 bits per heavy atom. The van der Waals surface area contributed by atoms with E-state index in [2.05, 4.69) is 5.32 Å². The fourth-order valence-electron chi connectivity index (χ4n) is 3.58. The van der Waals surface area contributed by atoms with E-state index in [0.29, 0.717) is 30.3 Å². The third-order valence-electron chi connectivity index (χ3n) is 5.58. The number of carbonyl (C=O) groups excluding carboxylic acids is 1. The monoisotopic (exact) mass is 481 g/mol. The van der Waals surface area contributed by atoms with Crippen LogP contribution in [0.1, 0.15) is 27.0 Å². The third kappa shape index (κ3) is 7.21. The molecule has 2 N–H and O–H groups in total. The summed E-state index contributed by atoms with van der Waals surface area (Å²) in [5, 5.41) is 12.3. The van der Waals surface area contributed by atoms with Crippen LogP contribution in [0.3, 0.4) is 0 Å². The molecule has 0 fully saturated rings. The summed E-state index contributed by atoms with van der Waals surface area (Å²) >= 11 is 0. The summed E-state index contributed by atoms with van der Waals surface area (Å²) in [6, 6.07) is 32.4. The van der Waals surface area contributed by atoms with E-state index < -0.39 is 17.9 Å². The Hall–Kier alpha value is -4.58. The fourth-order valence-corrected chi connectivity index (χ4v) is 3.58. The van der Waals surface area contributed by atoms with Crippen molar-refractivity contribution in [2.24, 2.45) is 0 Å². The van der Waals surface area contributed by atoms with E-state index in [-0.39, 0.29) is 6.42 Å². The normalized spacial score (nSPS) is 11.3. The number of ether oxygens (including phenoxy) is 2. The highest BCUT2D eigenvalue weighted by atomic mass is 16.5. The van der Waals surface area contributed by atoms with Gasteiger partial charge in [0.25, 0.3) is 5.91 Å². The van der Waals surface area contributed by atoms with Crippen molar-refractivity contribution in [3.05, 3.63) is 131 Å².